The van der Waals surface area contributed by atoms with Gasteiger partial charge in [-0.2, -0.15) is 13.2 Å². The minimum Gasteiger partial charge on any atom is -0.383 e. The molecule has 0 aliphatic carbocycles. The van der Waals surface area contributed by atoms with Gasteiger partial charge in [0.05, 0.1) is 0 Å². The van der Waals surface area contributed by atoms with Crippen molar-refractivity contribution in [2.75, 3.05) is 31.9 Å². The minimum atomic E-state index is -4.15. The molecule has 1 fully saturated rings. The lowest BCUT2D eigenvalue weighted by atomic mass is 10.00. The van der Waals surface area contributed by atoms with Crippen LogP contribution in [-0.4, -0.2) is 42.2 Å². The number of hydrogen-bond donors (Lipinski definition) is 2. The zero-order valence-electron chi connectivity index (χ0n) is 11.2. The molecule has 4 nitrogen and oxygen atoms in total. The largest absolute Gasteiger partial charge is 0.389 e. The van der Waals surface area contributed by atoms with Gasteiger partial charge in [-0.3, -0.25) is 4.90 Å². The maximum absolute atomic E-state index is 12.5. The summed E-state index contributed by atoms with van der Waals surface area (Å²) in [5.74, 6) is 0.318. The Kier molecular flexibility index (Phi) is 4.82. The first-order valence-corrected chi connectivity index (χ1v) is 6.69. The zero-order chi connectivity index (χ0) is 14.6. The molecule has 20 heavy (non-hydrogen) atoms. The SMILES string of the molecule is Nc1ncccc1[C@@H](CCC(F)(F)F)N1CCNCC1. The van der Waals surface area contributed by atoms with Crippen LogP contribution in [0.15, 0.2) is 18.3 Å². The van der Waals surface area contributed by atoms with Crippen molar-refractivity contribution in [3.63, 3.8) is 0 Å². The molecule has 112 valence electrons. The number of piperazine rings is 1. The average Bonchev–Trinajstić information content (AvgIpc) is 2.41. The van der Waals surface area contributed by atoms with E-state index in [1.165, 1.54) is 0 Å². The zero-order valence-corrected chi connectivity index (χ0v) is 11.2. The fourth-order valence-corrected chi connectivity index (χ4v) is 2.54. The summed E-state index contributed by atoms with van der Waals surface area (Å²) >= 11 is 0. The van der Waals surface area contributed by atoms with Crippen LogP contribution in [0.4, 0.5) is 19.0 Å². The summed E-state index contributed by atoms with van der Waals surface area (Å²) < 4.78 is 37.6. The first-order chi connectivity index (χ1) is 9.47. The number of nitrogen functional groups attached to an aromatic ring is 1. The predicted molar refractivity (Wildman–Crippen MR) is 71.1 cm³/mol. The van der Waals surface area contributed by atoms with E-state index in [1.54, 1.807) is 18.3 Å². The van der Waals surface area contributed by atoms with E-state index in [9.17, 15) is 13.2 Å². The number of alkyl halides is 3. The Balaban J connectivity index is 2.17. The predicted octanol–water partition coefficient (Wildman–Crippen LogP) is 1.95. The minimum absolute atomic E-state index is 0.0133. The van der Waals surface area contributed by atoms with Crippen LogP contribution >= 0.6 is 0 Å². The van der Waals surface area contributed by atoms with Gasteiger partial charge < -0.3 is 11.1 Å². The Morgan fingerprint density at radius 2 is 2.05 bits per heavy atom. The Bertz CT molecular complexity index is 430. The van der Waals surface area contributed by atoms with Crippen molar-refractivity contribution in [1.82, 2.24) is 15.2 Å². The Labute approximate surface area is 116 Å². The highest BCUT2D eigenvalue weighted by Gasteiger charge is 2.32. The normalized spacial score (nSPS) is 18.9. The molecule has 1 saturated heterocycles. The van der Waals surface area contributed by atoms with Crippen molar-refractivity contribution < 1.29 is 13.2 Å². The molecular formula is C13H19F3N4. The van der Waals surface area contributed by atoms with E-state index >= 15 is 0 Å². The number of anilines is 1. The van der Waals surface area contributed by atoms with Crippen molar-refractivity contribution in [1.29, 1.82) is 0 Å². The fraction of sp³-hybridized carbons (Fsp3) is 0.615. The third kappa shape index (κ3) is 4.08. The molecule has 0 saturated carbocycles. The van der Waals surface area contributed by atoms with Crippen LogP contribution < -0.4 is 11.1 Å². The van der Waals surface area contributed by atoms with Gasteiger partial charge in [0, 0.05) is 50.4 Å². The topological polar surface area (TPSA) is 54.2 Å². The monoisotopic (exact) mass is 288 g/mol. The van der Waals surface area contributed by atoms with Crippen molar-refractivity contribution in [3.8, 4) is 0 Å². The van der Waals surface area contributed by atoms with Crippen molar-refractivity contribution >= 4 is 5.82 Å². The molecule has 0 aromatic carbocycles. The van der Waals surface area contributed by atoms with Crippen LogP contribution in [0, 0.1) is 0 Å². The summed E-state index contributed by atoms with van der Waals surface area (Å²) in [6, 6.07) is 3.16. The second-order valence-electron chi connectivity index (χ2n) is 4.93. The molecule has 2 rings (SSSR count). The van der Waals surface area contributed by atoms with Crippen LogP contribution in [-0.2, 0) is 0 Å². The van der Waals surface area contributed by atoms with Crippen LogP contribution in [0.2, 0.25) is 0 Å². The third-order valence-corrected chi connectivity index (χ3v) is 3.52. The second-order valence-corrected chi connectivity index (χ2v) is 4.93. The Morgan fingerprint density at radius 1 is 1.35 bits per heavy atom. The molecule has 7 heteroatoms. The number of halogens is 3. The van der Waals surface area contributed by atoms with E-state index in [1.807, 2.05) is 0 Å². The summed E-state index contributed by atoms with van der Waals surface area (Å²) in [6.07, 6.45) is -3.39. The molecule has 1 aromatic rings. The molecule has 0 spiro atoms. The van der Waals surface area contributed by atoms with Crippen LogP contribution in [0.1, 0.15) is 24.4 Å². The van der Waals surface area contributed by atoms with Gasteiger partial charge in [0.1, 0.15) is 5.82 Å². The van der Waals surface area contributed by atoms with Crippen molar-refractivity contribution in [2.45, 2.75) is 25.1 Å². The molecule has 3 N–H and O–H groups in total. The van der Waals surface area contributed by atoms with Gasteiger partial charge in [0.15, 0.2) is 0 Å². The number of nitrogens with one attached hydrogen (secondary N) is 1. The van der Waals surface area contributed by atoms with E-state index < -0.39 is 12.6 Å². The molecule has 2 heterocycles. The Hall–Kier alpha value is -1.34. The lowest BCUT2D eigenvalue weighted by Crippen LogP contribution is -2.45. The van der Waals surface area contributed by atoms with Gasteiger partial charge in [0.2, 0.25) is 0 Å². The van der Waals surface area contributed by atoms with E-state index in [0.29, 0.717) is 11.4 Å². The molecule has 0 bridgehead atoms. The molecule has 0 unspecified atom stereocenters. The number of nitrogens with zero attached hydrogens (tertiary/aromatic N) is 2. The molecule has 1 aromatic heterocycles. The number of rotatable bonds is 4. The summed E-state index contributed by atoms with van der Waals surface area (Å²) in [4.78, 5) is 6.04. The van der Waals surface area contributed by atoms with Crippen LogP contribution in [0.25, 0.3) is 0 Å². The molecule has 0 amide bonds. The molecule has 1 aliphatic heterocycles. The third-order valence-electron chi connectivity index (χ3n) is 3.52. The molecular weight excluding hydrogens is 269 g/mol. The number of aromatic nitrogens is 1. The van der Waals surface area contributed by atoms with E-state index in [2.05, 4.69) is 15.2 Å². The number of pyridine rings is 1. The summed E-state index contributed by atoms with van der Waals surface area (Å²) in [6.45, 7) is 3.00. The first kappa shape index (κ1) is 15.1. The summed E-state index contributed by atoms with van der Waals surface area (Å²) in [5, 5.41) is 3.20. The highest BCUT2D eigenvalue weighted by atomic mass is 19.4. The van der Waals surface area contributed by atoms with Gasteiger partial charge >= 0.3 is 6.18 Å². The smallest absolute Gasteiger partial charge is 0.383 e. The molecule has 1 atom stereocenters. The van der Waals surface area contributed by atoms with E-state index in [4.69, 9.17) is 5.73 Å². The molecule has 0 radical (unpaired) electrons. The standard InChI is InChI=1S/C13H19F3N4/c14-13(15,16)4-3-11(20-8-6-18-7-9-20)10-2-1-5-19-12(10)17/h1-2,5,11,18H,3-4,6-9H2,(H2,17,19)/t11-/m1/s1. The van der Waals surface area contributed by atoms with E-state index in [-0.39, 0.29) is 12.5 Å². The lowest BCUT2D eigenvalue weighted by Gasteiger charge is -2.35. The fourth-order valence-electron chi connectivity index (χ4n) is 2.54. The van der Waals surface area contributed by atoms with Crippen molar-refractivity contribution in [3.05, 3.63) is 23.9 Å². The maximum Gasteiger partial charge on any atom is 0.389 e. The highest BCUT2D eigenvalue weighted by molar-refractivity contribution is 5.41. The summed E-state index contributed by atoms with van der Waals surface area (Å²) in [7, 11) is 0. The van der Waals surface area contributed by atoms with Crippen LogP contribution in [0.5, 0.6) is 0 Å². The van der Waals surface area contributed by atoms with Crippen molar-refractivity contribution in [2.24, 2.45) is 0 Å². The van der Waals surface area contributed by atoms with Gasteiger partial charge in [-0.1, -0.05) is 6.07 Å². The lowest BCUT2D eigenvalue weighted by molar-refractivity contribution is -0.138. The second kappa shape index (κ2) is 6.41. The van der Waals surface area contributed by atoms with Gasteiger partial charge in [-0.05, 0) is 12.5 Å². The Morgan fingerprint density at radius 3 is 2.65 bits per heavy atom. The highest BCUT2D eigenvalue weighted by Crippen LogP contribution is 2.33. The number of nitrogens with two attached hydrogens (primary N) is 1. The quantitative estimate of drug-likeness (QED) is 0.889. The first-order valence-electron chi connectivity index (χ1n) is 6.69. The van der Waals surface area contributed by atoms with E-state index in [0.717, 1.165) is 26.2 Å². The maximum atomic E-state index is 12.5. The van der Waals surface area contributed by atoms with Gasteiger partial charge in [-0.15, -0.1) is 0 Å². The van der Waals surface area contributed by atoms with Gasteiger partial charge in [0.25, 0.3) is 0 Å². The average molecular weight is 288 g/mol. The van der Waals surface area contributed by atoms with Gasteiger partial charge in [-0.25, -0.2) is 4.98 Å². The number of hydrogen-bond acceptors (Lipinski definition) is 4. The summed E-state index contributed by atoms with van der Waals surface area (Å²) in [5.41, 5.74) is 6.53. The molecule has 1 aliphatic rings. The van der Waals surface area contributed by atoms with Crippen LogP contribution in [0.3, 0.4) is 0 Å².